The lowest BCUT2D eigenvalue weighted by atomic mass is 10.1. The van der Waals surface area contributed by atoms with Crippen molar-refractivity contribution in [3.05, 3.63) is 63.6 Å². The Labute approximate surface area is 209 Å². The molecular formula is C23H29BrClN3O4S. The number of hydrogen-bond donors (Lipinski definition) is 1. The Morgan fingerprint density at radius 3 is 2.27 bits per heavy atom. The van der Waals surface area contributed by atoms with Gasteiger partial charge >= 0.3 is 0 Å². The molecule has 10 heteroatoms. The molecule has 33 heavy (non-hydrogen) atoms. The topological polar surface area (TPSA) is 86.8 Å². The number of amides is 2. The van der Waals surface area contributed by atoms with Crippen LogP contribution >= 0.6 is 27.5 Å². The maximum atomic E-state index is 13.4. The Bertz CT molecular complexity index is 1080. The van der Waals surface area contributed by atoms with Crippen LogP contribution < -0.4 is 9.62 Å². The molecule has 0 radical (unpaired) electrons. The number of nitrogens with zero attached hydrogens (tertiary/aromatic N) is 2. The molecule has 0 aliphatic heterocycles. The van der Waals surface area contributed by atoms with E-state index in [1.54, 1.807) is 55.5 Å². The maximum Gasteiger partial charge on any atom is 0.244 e. The summed E-state index contributed by atoms with van der Waals surface area (Å²) in [7, 11) is -3.76. The van der Waals surface area contributed by atoms with Crippen LogP contribution in [0.4, 0.5) is 5.69 Å². The molecular weight excluding hydrogens is 530 g/mol. The lowest BCUT2D eigenvalue weighted by Gasteiger charge is -2.31. The van der Waals surface area contributed by atoms with Gasteiger partial charge in [-0.05, 0) is 48.7 Å². The first-order valence-corrected chi connectivity index (χ1v) is 13.4. The van der Waals surface area contributed by atoms with Gasteiger partial charge in [-0.3, -0.25) is 13.9 Å². The summed E-state index contributed by atoms with van der Waals surface area (Å²) in [5, 5.41) is 3.40. The molecule has 0 heterocycles. The minimum atomic E-state index is -3.76. The Kier molecular flexibility index (Phi) is 9.75. The highest BCUT2D eigenvalue weighted by atomic mass is 79.9. The molecule has 0 aliphatic rings. The molecule has 0 spiro atoms. The number of benzene rings is 2. The summed E-state index contributed by atoms with van der Waals surface area (Å²) in [4.78, 5) is 27.6. The third-order valence-electron chi connectivity index (χ3n) is 4.89. The van der Waals surface area contributed by atoms with Gasteiger partial charge in [0, 0.05) is 22.6 Å². The predicted octanol–water partition coefficient (Wildman–Crippen LogP) is 4.06. The van der Waals surface area contributed by atoms with E-state index in [1.807, 2.05) is 13.8 Å². The smallest absolute Gasteiger partial charge is 0.244 e. The Morgan fingerprint density at radius 2 is 1.73 bits per heavy atom. The molecule has 2 aromatic carbocycles. The predicted molar refractivity (Wildman–Crippen MR) is 136 cm³/mol. The van der Waals surface area contributed by atoms with E-state index in [2.05, 4.69) is 21.2 Å². The van der Waals surface area contributed by atoms with Gasteiger partial charge in [0.25, 0.3) is 0 Å². The molecule has 0 saturated heterocycles. The molecule has 7 nitrogen and oxygen atoms in total. The average molecular weight is 559 g/mol. The van der Waals surface area contributed by atoms with Crippen molar-refractivity contribution in [2.45, 2.75) is 33.4 Å². The van der Waals surface area contributed by atoms with E-state index in [0.717, 1.165) is 16.1 Å². The summed E-state index contributed by atoms with van der Waals surface area (Å²) < 4.78 is 26.8. The van der Waals surface area contributed by atoms with Crippen molar-refractivity contribution < 1.29 is 18.0 Å². The van der Waals surface area contributed by atoms with Crippen LogP contribution in [-0.2, 0) is 26.2 Å². The highest BCUT2D eigenvalue weighted by Gasteiger charge is 2.30. The first-order chi connectivity index (χ1) is 15.4. The molecule has 180 valence electrons. The zero-order valence-corrected chi connectivity index (χ0v) is 22.2. The van der Waals surface area contributed by atoms with Crippen LogP contribution in [0.5, 0.6) is 0 Å². The summed E-state index contributed by atoms with van der Waals surface area (Å²) in [6, 6.07) is 12.8. The molecule has 0 aromatic heterocycles. The number of sulfonamides is 1. The van der Waals surface area contributed by atoms with Gasteiger partial charge in [0.05, 0.1) is 11.9 Å². The van der Waals surface area contributed by atoms with Crippen LogP contribution in [0.25, 0.3) is 0 Å². The van der Waals surface area contributed by atoms with Gasteiger partial charge in [0.1, 0.15) is 12.6 Å². The number of rotatable bonds is 10. The first-order valence-electron chi connectivity index (χ1n) is 10.4. The largest absolute Gasteiger partial charge is 0.354 e. The second kappa shape index (κ2) is 11.9. The molecule has 1 N–H and O–H groups in total. The normalized spacial score (nSPS) is 12.3. The molecule has 0 unspecified atom stereocenters. The van der Waals surface area contributed by atoms with Crippen molar-refractivity contribution in [2.75, 3.05) is 23.7 Å². The first kappa shape index (κ1) is 27.1. The van der Waals surface area contributed by atoms with Gasteiger partial charge < -0.3 is 10.2 Å². The van der Waals surface area contributed by atoms with E-state index in [1.165, 1.54) is 4.90 Å². The summed E-state index contributed by atoms with van der Waals surface area (Å²) in [5.74, 6) is -0.555. The van der Waals surface area contributed by atoms with Crippen molar-refractivity contribution in [3.8, 4) is 0 Å². The van der Waals surface area contributed by atoms with E-state index >= 15 is 0 Å². The number of nitrogens with one attached hydrogen (secondary N) is 1. The molecule has 0 fully saturated rings. The van der Waals surface area contributed by atoms with Gasteiger partial charge in [-0.1, -0.05) is 59.6 Å². The van der Waals surface area contributed by atoms with E-state index in [0.29, 0.717) is 21.7 Å². The second-order valence-electron chi connectivity index (χ2n) is 8.21. The maximum absolute atomic E-state index is 13.4. The fourth-order valence-electron chi connectivity index (χ4n) is 3.07. The van der Waals surface area contributed by atoms with Crippen LogP contribution in [0.3, 0.4) is 0 Å². The summed E-state index contributed by atoms with van der Waals surface area (Å²) in [5.41, 5.74) is 1.12. The summed E-state index contributed by atoms with van der Waals surface area (Å²) >= 11 is 9.31. The fourth-order valence-corrected chi connectivity index (χ4v) is 4.42. The molecule has 0 saturated carbocycles. The standard InChI is InChI=1S/C23H29BrClN3O4S/c1-16(2)13-26-23(30)17(3)27(14-18-8-10-20(25)11-9-18)22(29)15-28(33(4,31)32)21-7-5-6-19(24)12-21/h5-12,16-17H,13-15H2,1-4H3,(H,26,30)/t17-/m1/s1. The molecule has 0 bridgehead atoms. The monoisotopic (exact) mass is 557 g/mol. The molecule has 1 atom stereocenters. The number of carbonyl (C=O) groups excluding carboxylic acids is 2. The Hall–Kier alpha value is -2.10. The van der Waals surface area contributed by atoms with Crippen molar-refractivity contribution in [3.63, 3.8) is 0 Å². The van der Waals surface area contributed by atoms with E-state index in [-0.39, 0.29) is 18.4 Å². The molecule has 2 rings (SSSR count). The number of halogens is 2. The van der Waals surface area contributed by atoms with Crippen LogP contribution in [0.2, 0.25) is 5.02 Å². The third kappa shape index (κ3) is 8.32. The van der Waals surface area contributed by atoms with Gasteiger partial charge in [0.15, 0.2) is 0 Å². The van der Waals surface area contributed by atoms with Crippen molar-refractivity contribution in [1.29, 1.82) is 0 Å². The zero-order valence-electron chi connectivity index (χ0n) is 19.1. The van der Waals surface area contributed by atoms with Crippen LogP contribution in [0, 0.1) is 5.92 Å². The summed E-state index contributed by atoms with van der Waals surface area (Å²) in [6.07, 6.45) is 1.05. The van der Waals surface area contributed by atoms with E-state index in [9.17, 15) is 18.0 Å². The average Bonchev–Trinajstić information content (AvgIpc) is 2.73. The number of anilines is 1. The van der Waals surface area contributed by atoms with Gasteiger partial charge in [-0.15, -0.1) is 0 Å². The SMILES string of the molecule is CC(C)CNC(=O)[C@@H](C)N(Cc1ccc(Cl)cc1)C(=O)CN(c1cccc(Br)c1)S(C)(=O)=O. The Balaban J connectivity index is 2.35. The van der Waals surface area contributed by atoms with Crippen LogP contribution in [0.15, 0.2) is 53.0 Å². The quantitative estimate of drug-likeness (QED) is 0.477. The Morgan fingerprint density at radius 1 is 1.09 bits per heavy atom. The highest BCUT2D eigenvalue weighted by Crippen LogP contribution is 2.23. The fraction of sp³-hybridized carbons (Fsp3) is 0.391. The lowest BCUT2D eigenvalue weighted by molar-refractivity contribution is -0.139. The minimum absolute atomic E-state index is 0.127. The van der Waals surface area contributed by atoms with Gasteiger partial charge in [-0.25, -0.2) is 8.42 Å². The van der Waals surface area contributed by atoms with Crippen molar-refractivity contribution in [1.82, 2.24) is 10.2 Å². The van der Waals surface area contributed by atoms with Crippen molar-refractivity contribution in [2.24, 2.45) is 5.92 Å². The zero-order chi connectivity index (χ0) is 24.8. The minimum Gasteiger partial charge on any atom is -0.354 e. The van der Waals surface area contributed by atoms with E-state index < -0.39 is 28.5 Å². The molecule has 2 aromatic rings. The molecule has 2 amide bonds. The van der Waals surface area contributed by atoms with Crippen LogP contribution in [0.1, 0.15) is 26.3 Å². The van der Waals surface area contributed by atoms with Gasteiger partial charge in [0.2, 0.25) is 21.8 Å². The van der Waals surface area contributed by atoms with Crippen LogP contribution in [-0.4, -0.2) is 50.5 Å². The number of carbonyl (C=O) groups is 2. The van der Waals surface area contributed by atoms with Crippen molar-refractivity contribution >= 4 is 55.1 Å². The number of hydrogen-bond acceptors (Lipinski definition) is 4. The summed E-state index contributed by atoms with van der Waals surface area (Å²) in [6.45, 7) is 5.74. The second-order valence-corrected chi connectivity index (χ2v) is 11.5. The molecule has 0 aliphatic carbocycles. The highest BCUT2D eigenvalue weighted by molar-refractivity contribution is 9.10. The van der Waals surface area contributed by atoms with Gasteiger partial charge in [-0.2, -0.15) is 0 Å². The third-order valence-corrected chi connectivity index (χ3v) is 6.78. The lowest BCUT2D eigenvalue weighted by Crippen LogP contribution is -2.51. The van der Waals surface area contributed by atoms with E-state index in [4.69, 9.17) is 11.6 Å².